The molecule has 1 heterocycles. The molecule has 0 aromatic heterocycles. The van der Waals surface area contributed by atoms with Crippen LogP contribution in [0.1, 0.15) is 33.6 Å². The molecule has 1 saturated heterocycles. The summed E-state index contributed by atoms with van der Waals surface area (Å²) < 4.78 is 0. The van der Waals surface area contributed by atoms with Crippen molar-refractivity contribution in [3.8, 4) is 0 Å². The van der Waals surface area contributed by atoms with E-state index in [1.54, 1.807) is 0 Å². The van der Waals surface area contributed by atoms with E-state index in [9.17, 15) is 0 Å². The second-order valence-corrected chi connectivity index (χ2v) is 4.54. The highest BCUT2D eigenvalue weighted by molar-refractivity contribution is 4.90. The van der Waals surface area contributed by atoms with Crippen molar-refractivity contribution >= 4 is 0 Å². The first-order valence-electron chi connectivity index (χ1n) is 4.41. The molecule has 66 valence electrons. The number of nitrogens with one attached hydrogen (secondary N) is 1. The van der Waals surface area contributed by atoms with Crippen molar-refractivity contribution in [1.29, 1.82) is 0 Å². The van der Waals surface area contributed by atoms with Crippen LogP contribution in [0.5, 0.6) is 0 Å². The van der Waals surface area contributed by atoms with Crippen molar-refractivity contribution in [3.63, 3.8) is 0 Å². The van der Waals surface area contributed by atoms with Gasteiger partial charge in [-0.05, 0) is 18.3 Å². The third kappa shape index (κ3) is 2.17. The summed E-state index contributed by atoms with van der Waals surface area (Å²) in [6.07, 6.45) is 2.33. The largest absolute Gasteiger partial charge is 0.395 e. The second-order valence-electron chi connectivity index (χ2n) is 4.54. The lowest BCUT2D eigenvalue weighted by Gasteiger charge is -2.27. The molecule has 0 amide bonds. The maximum atomic E-state index is 8.89. The van der Waals surface area contributed by atoms with E-state index in [1.165, 1.54) is 6.42 Å². The maximum absolute atomic E-state index is 8.89. The van der Waals surface area contributed by atoms with Gasteiger partial charge in [0.15, 0.2) is 0 Å². The number of rotatable bonds is 1. The fourth-order valence-electron chi connectivity index (χ4n) is 1.65. The molecular formula is C9H19NO. The third-order valence-electron chi connectivity index (χ3n) is 2.51. The highest BCUT2D eigenvalue weighted by atomic mass is 16.3. The van der Waals surface area contributed by atoms with Gasteiger partial charge in [-0.25, -0.2) is 0 Å². The molecule has 2 heteroatoms. The molecule has 0 radical (unpaired) electrons. The second kappa shape index (κ2) is 3.11. The summed E-state index contributed by atoms with van der Waals surface area (Å²) in [6, 6.07) is 0.930. The minimum absolute atomic E-state index is 0.284. The molecule has 2 N–H and O–H groups in total. The summed E-state index contributed by atoms with van der Waals surface area (Å²) in [4.78, 5) is 0. The van der Waals surface area contributed by atoms with Crippen LogP contribution in [0.25, 0.3) is 0 Å². The molecule has 2 atom stereocenters. The molecule has 1 unspecified atom stereocenters. The van der Waals surface area contributed by atoms with Crippen LogP contribution in [0.2, 0.25) is 0 Å². The summed E-state index contributed by atoms with van der Waals surface area (Å²) in [7, 11) is 0. The van der Waals surface area contributed by atoms with Gasteiger partial charge in [0.05, 0.1) is 6.61 Å². The Balaban J connectivity index is 2.42. The van der Waals surface area contributed by atoms with Gasteiger partial charge in [-0.3, -0.25) is 0 Å². The normalized spacial score (nSPS) is 32.7. The van der Waals surface area contributed by atoms with Gasteiger partial charge in [0.2, 0.25) is 0 Å². The smallest absolute Gasteiger partial charge is 0.0584 e. The van der Waals surface area contributed by atoms with E-state index in [4.69, 9.17) is 5.11 Å². The van der Waals surface area contributed by atoms with E-state index in [0.717, 1.165) is 6.42 Å². The third-order valence-corrected chi connectivity index (χ3v) is 2.51. The Labute approximate surface area is 69.0 Å². The number of aliphatic hydroxyl groups excluding tert-OH is 1. The van der Waals surface area contributed by atoms with Gasteiger partial charge in [0.25, 0.3) is 0 Å². The molecule has 1 aliphatic heterocycles. The minimum Gasteiger partial charge on any atom is -0.395 e. The molecule has 0 bridgehead atoms. The Kier molecular flexibility index (Phi) is 2.55. The average Bonchev–Trinajstić information content (AvgIpc) is 2.32. The van der Waals surface area contributed by atoms with Crippen LogP contribution in [-0.2, 0) is 0 Å². The monoisotopic (exact) mass is 157 g/mol. The summed E-state index contributed by atoms with van der Waals surface area (Å²) in [6.45, 7) is 7.01. The molecule has 0 aliphatic carbocycles. The topological polar surface area (TPSA) is 32.3 Å². The number of aliphatic hydroxyl groups is 1. The van der Waals surface area contributed by atoms with Gasteiger partial charge in [0.1, 0.15) is 0 Å². The van der Waals surface area contributed by atoms with Crippen molar-refractivity contribution in [2.45, 2.75) is 45.7 Å². The summed E-state index contributed by atoms with van der Waals surface area (Å²) in [5.74, 6) is 0. The molecule has 1 fully saturated rings. The molecular weight excluding hydrogens is 138 g/mol. The summed E-state index contributed by atoms with van der Waals surface area (Å²) >= 11 is 0. The standard InChI is InChI=1S/C9H19NO/c1-9(2,3)8-5-4-7(6-11)10-8/h7-8,10-11H,4-6H2,1-3H3/t7-,8?/m0/s1. The molecule has 0 aromatic carbocycles. The molecule has 1 rings (SSSR count). The van der Waals surface area contributed by atoms with Crippen molar-refractivity contribution < 1.29 is 5.11 Å². The van der Waals surface area contributed by atoms with Crippen LogP contribution in [0.15, 0.2) is 0 Å². The maximum Gasteiger partial charge on any atom is 0.0584 e. The van der Waals surface area contributed by atoms with E-state index in [1.807, 2.05) is 0 Å². The summed E-state index contributed by atoms with van der Waals surface area (Å²) in [5.41, 5.74) is 0.337. The van der Waals surface area contributed by atoms with Gasteiger partial charge in [0, 0.05) is 12.1 Å². The van der Waals surface area contributed by atoms with E-state index >= 15 is 0 Å². The fourth-order valence-corrected chi connectivity index (χ4v) is 1.65. The molecule has 2 nitrogen and oxygen atoms in total. The van der Waals surface area contributed by atoms with Crippen molar-refractivity contribution in [1.82, 2.24) is 5.32 Å². The van der Waals surface area contributed by atoms with Crippen LogP contribution >= 0.6 is 0 Å². The lowest BCUT2D eigenvalue weighted by atomic mass is 9.86. The molecule has 0 aromatic rings. The van der Waals surface area contributed by atoms with Crippen molar-refractivity contribution in [2.75, 3.05) is 6.61 Å². The lowest BCUT2D eigenvalue weighted by Crippen LogP contribution is -2.39. The lowest BCUT2D eigenvalue weighted by molar-refractivity contribution is 0.231. The van der Waals surface area contributed by atoms with Gasteiger partial charge in [-0.15, -0.1) is 0 Å². The van der Waals surface area contributed by atoms with Crippen LogP contribution in [0.3, 0.4) is 0 Å². The molecule has 1 aliphatic rings. The molecule has 11 heavy (non-hydrogen) atoms. The highest BCUT2D eigenvalue weighted by Crippen LogP contribution is 2.27. The predicted molar refractivity (Wildman–Crippen MR) is 46.5 cm³/mol. The van der Waals surface area contributed by atoms with E-state index in [-0.39, 0.29) is 6.61 Å². The Bertz CT molecular complexity index is 128. The van der Waals surface area contributed by atoms with Gasteiger partial charge in [-0.2, -0.15) is 0 Å². The molecule has 0 spiro atoms. The zero-order valence-electron chi connectivity index (χ0n) is 7.72. The Morgan fingerprint density at radius 1 is 1.36 bits per heavy atom. The van der Waals surface area contributed by atoms with Gasteiger partial charge in [-0.1, -0.05) is 20.8 Å². The predicted octanol–water partition coefficient (Wildman–Crippen LogP) is 1.15. The van der Waals surface area contributed by atoms with Crippen LogP contribution < -0.4 is 5.32 Å². The first-order valence-corrected chi connectivity index (χ1v) is 4.41. The Morgan fingerprint density at radius 3 is 2.27 bits per heavy atom. The first kappa shape index (κ1) is 9.01. The minimum atomic E-state index is 0.284. The number of hydrogen-bond donors (Lipinski definition) is 2. The molecule has 0 saturated carbocycles. The summed E-state index contributed by atoms with van der Waals surface area (Å²) in [5, 5.41) is 12.3. The number of hydrogen-bond acceptors (Lipinski definition) is 2. The fraction of sp³-hybridized carbons (Fsp3) is 1.00. The van der Waals surface area contributed by atoms with Crippen molar-refractivity contribution in [2.24, 2.45) is 5.41 Å². The average molecular weight is 157 g/mol. The van der Waals surface area contributed by atoms with Crippen LogP contribution in [-0.4, -0.2) is 23.8 Å². The van der Waals surface area contributed by atoms with E-state index < -0.39 is 0 Å². The quantitative estimate of drug-likeness (QED) is 0.598. The zero-order valence-corrected chi connectivity index (χ0v) is 7.72. The van der Waals surface area contributed by atoms with Gasteiger partial charge >= 0.3 is 0 Å². The van der Waals surface area contributed by atoms with E-state index in [0.29, 0.717) is 17.5 Å². The zero-order chi connectivity index (χ0) is 8.48. The highest BCUT2D eigenvalue weighted by Gasteiger charge is 2.31. The van der Waals surface area contributed by atoms with E-state index in [2.05, 4.69) is 26.1 Å². The Morgan fingerprint density at radius 2 is 2.00 bits per heavy atom. The van der Waals surface area contributed by atoms with Crippen LogP contribution in [0, 0.1) is 5.41 Å². The van der Waals surface area contributed by atoms with Gasteiger partial charge < -0.3 is 10.4 Å². The van der Waals surface area contributed by atoms with Crippen molar-refractivity contribution in [3.05, 3.63) is 0 Å². The van der Waals surface area contributed by atoms with Crippen LogP contribution in [0.4, 0.5) is 0 Å². The first-order chi connectivity index (χ1) is 5.04. The Hall–Kier alpha value is -0.0800. The SMILES string of the molecule is CC(C)(C)C1CC[C@@H](CO)N1.